The fourth-order valence-electron chi connectivity index (χ4n) is 3.26. The van der Waals surface area contributed by atoms with Crippen LogP contribution in [0.1, 0.15) is 37.0 Å². The molecule has 4 rings (SSSR count). The van der Waals surface area contributed by atoms with Crippen molar-refractivity contribution < 1.29 is 13.7 Å². The molecule has 0 radical (unpaired) electrons. The number of furan rings is 1. The van der Waals surface area contributed by atoms with Crippen molar-refractivity contribution >= 4 is 5.91 Å². The molecule has 3 heterocycles. The Kier molecular flexibility index (Phi) is 4.33. The smallest absolute Gasteiger partial charge is 0.227 e. The first-order valence-corrected chi connectivity index (χ1v) is 8.52. The van der Waals surface area contributed by atoms with Gasteiger partial charge in [0, 0.05) is 24.9 Å². The number of aromatic nitrogens is 2. The second-order valence-corrected chi connectivity index (χ2v) is 6.14. The topological polar surface area (TPSA) is 72.4 Å². The van der Waals surface area contributed by atoms with Gasteiger partial charge in [0.1, 0.15) is 5.76 Å². The summed E-state index contributed by atoms with van der Waals surface area (Å²) in [5.74, 6) is 1.99. The van der Waals surface area contributed by atoms with Gasteiger partial charge in [0.25, 0.3) is 0 Å². The number of hydrogen-bond donors (Lipinski definition) is 0. The van der Waals surface area contributed by atoms with E-state index in [-0.39, 0.29) is 11.9 Å². The lowest BCUT2D eigenvalue weighted by molar-refractivity contribution is -0.132. The highest BCUT2D eigenvalue weighted by Crippen LogP contribution is 2.32. The highest BCUT2D eigenvalue weighted by molar-refractivity contribution is 5.77. The molecular formula is C19H19N3O3. The van der Waals surface area contributed by atoms with Crippen molar-refractivity contribution in [3.05, 3.63) is 60.4 Å². The lowest BCUT2D eigenvalue weighted by atomic mass is 10.1. The summed E-state index contributed by atoms with van der Waals surface area (Å²) in [6.07, 6.45) is 4.39. The minimum atomic E-state index is 0.0464. The number of likely N-dealkylation sites (tertiary alicyclic amines) is 1. The molecule has 128 valence electrons. The zero-order chi connectivity index (χ0) is 17.1. The van der Waals surface area contributed by atoms with Crippen molar-refractivity contribution in [1.29, 1.82) is 0 Å². The Labute approximate surface area is 145 Å². The zero-order valence-electron chi connectivity index (χ0n) is 13.8. The molecule has 0 spiro atoms. The third-order valence-corrected chi connectivity index (χ3v) is 4.50. The van der Waals surface area contributed by atoms with E-state index in [1.54, 1.807) is 6.26 Å². The fraction of sp³-hybridized carbons (Fsp3) is 0.316. The van der Waals surface area contributed by atoms with Crippen LogP contribution < -0.4 is 0 Å². The average Bonchev–Trinajstić information content (AvgIpc) is 3.41. The molecule has 0 N–H and O–H groups in total. The lowest BCUT2D eigenvalue weighted by Gasteiger charge is -2.22. The number of rotatable bonds is 5. The maximum Gasteiger partial charge on any atom is 0.227 e. The van der Waals surface area contributed by atoms with Gasteiger partial charge in [0.15, 0.2) is 0 Å². The van der Waals surface area contributed by atoms with Gasteiger partial charge in [-0.3, -0.25) is 4.79 Å². The van der Waals surface area contributed by atoms with Crippen molar-refractivity contribution in [2.75, 3.05) is 6.54 Å². The van der Waals surface area contributed by atoms with E-state index in [9.17, 15) is 4.79 Å². The first-order valence-electron chi connectivity index (χ1n) is 8.52. The molecule has 1 fully saturated rings. The molecule has 0 unspecified atom stereocenters. The zero-order valence-corrected chi connectivity index (χ0v) is 13.8. The molecule has 2 aromatic heterocycles. The predicted molar refractivity (Wildman–Crippen MR) is 90.5 cm³/mol. The van der Waals surface area contributed by atoms with E-state index in [0.717, 1.165) is 30.7 Å². The summed E-state index contributed by atoms with van der Waals surface area (Å²) >= 11 is 0. The van der Waals surface area contributed by atoms with E-state index in [2.05, 4.69) is 10.1 Å². The summed E-state index contributed by atoms with van der Waals surface area (Å²) < 4.78 is 10.8. The van der Waals surface area contributed by atoms with Gasteiger partial charge >= 0.3 is 0 Å². The molecule has 1 aliphatic heterocycles. The van der Waals surface area contributed by atoms with Crippen LogP contribution in [0.2, 0.25) is 0 Å². The van der Waals surface area contributed by atoms with Crippen molar-refractivity contribution in [2.45, 2.75) is 31.7 Å². The highest BCUT2D eigenvalue weighted by atomic mass is 16.5. The summed E-state index contributed by atoms with van der Waals surface area (Å²) in [7, 11) is 0. The van der Waals surface area contributed by atoms with Crippen LogP contribution in [0.25, 0.3) is 11.4 Å². The SMILES string of the molecule is O=C(CCc1nc(-c2ccccc2)no1)N1CCC[C@@H]1c1ccco1. The van der Waals surface area contributed by atoms with E-state index in [1.807, 2.05) is 47.4 Å². The summed E-state index contributed by atoms with van der Waals surface area (Å²) in [6.45, 7) is 0.767. The van der Waals surface area contributed by atoms with Gasteiger partial charge in [-0.2, -0.15) is 4.98 Å². The molecule has 0 saturated carbocycles. The molecule has 1 aromatic carbocycles. The molecular weight excluding hydrogens is 318 g/mol. The van der Waals surface area contributed by atoms with Crippen LogP contribution in [0.3, 0.4) is 0 Å². The van der Waals surface area contributed by atoms with Crippen molar-refractivity contribution in [3.8, 4) is 11.4 Å². The number of carbonyl (C=O) groups is 1. The standard InChI is InChI=1S/C19H19N3O3/c23-18(22-12-4-8-15(22)16-9-5-13-24-16)11-10-17-20-19(21-25-17)14-6-2-1-3-7-14/h1-3,5-7,9,13,15H,4,8,10-12H2/t15-/m1/s1. The maximum absolute atomic E-state index is 12.6. The van der Waals surface area contributed by atoms with Crippen molar-refractivity contribution in [1.82, 2.24) is 15.0 Å². The quantitative estimate of drug-likeness (QED) is 0.711. The van der Waals surface area contributed by atoms with Crippen LogP contribution in [0, 0.1) is 0 Å². The third-order valence-electron chi connectivity index (χ3n) is 4.50. The number of aryl methyl sites for hydroxylation is 1. The van der Waals surface area contributed by atoms with Crippen LogP contribution in [0.15, 0.2) is 57.7 Å². The van der Waals surface area contributed by atoms with Gasteiger partial charge < -0.3 is 13.8 Å². The summed E-state index contributed by atoms with van der Waals surface area (Å²) in [6, 6.07) is 13.5. The molecule has 25 heavy (non-hydrogen) atoms. The van der Waals surface area contributed by atoms with Gasteiger partial charge in [0.05, 0.1) is 12.3 Å². The van der Waals surface area contributed by atoms with Gasteiger partial charge in [0.2, 0.25) is 17.6 Å². The van der Waals surface area contributed by atoms with Crippen LogP contribution >= 0.6 is 0 Å². The Morgan fingerprint density at radius 1 is 1.20 bits per heavy atom. The first kappa shape index (κ1) is 15.6. The lowest BCUT2D eigenvalue weighted by Crippen LogP contribution is -2.30. The van der Waals surface area contributed by atoms with Gasteiger partial charge in [-0.25, -0.2) is 0 Å². The van der Waals surface area contributed by atoms with Crippen LogP contribution in [0.4, 0.5) is 0 Å². The van der Waals surface area contributed by atoms with E-state index >= 15 is 0 Å². The summed E-state index contributed by atoms with van der Waals surface area (Å²) in [5.41, 5.74) is 0.904. The minimum Gasteiger partial charge on any atom is -0.467 e. The molecule has 1 saturated heterocycles. The van der Waals surface area contributed by atoms with Crippen molar-refractivity contribution in [3.63, 3.8) is 0 Å². The Morgan fingerprint density at radius 3 is 2.88 bits per heavy atom. The third kappa shape index (κ3) is 3.33. The second-order valence-electron chi connectivity index (χ2n) is 6.14. The molecule has 6 nitrogen and oxygen atoms in total. The molecule has 1 aliphatic rings. The Morgan fingerprint density at radius 2 is 2.08 bits per heavy atom. The summed E-state index contributed by atoms with van der Waals surface area (Å²) in [4.78, 5) is 18.9. The van der Waals surface area contributed by atoms with Crippen LogP contribution in [0.5, 0.6) is 0 Å². The fourth-order valence-corrected chi connectivity index (χ4v) is 3.26. The Hall–Kier alpha value is -2.89. The molecule has 6 heteroatoms. The molecule has 0 bridgehead atoms. The van der Waals surface area contributed by atoms with E-state index < -0.39 is 0 Å². The first-order chi connectivity index (χ1) is 12.3. The van der Waals surface area contributed by atoms with E-state index in [4.69, 9.17) is 8.94 Å². The van der Waals surface area contributed by atoms with E-state index in [1.165, 1.54) is 0 Å². The van der Waals surface area contributed by atoms with Gasteiger partial charge in [-0.15, -0.1) is 0 Å². The van der Waals surface area contributed by atoms with Crippen LogP contribution in [-0.4, -0.2) is 27.5 Å². The van der Waals surface area contributed by atoms with E-state index in [0.29, 0.717) is 24.6 Å². The normalized spacial score (nSPS) is 17.1. The highest BCUT2D eigenvalue weighted by Gasteiger charge is 2.31. The molecule has 1 amide bonds. The van der Waals surface area contributed by atoms with Gasteiger partial charge in [-0.1, -0.05) is 35.5 Å². The monoisotopic (exact) mass is 337 g/mol. The second kappa shape index (κ2) is 6.93. The number of carbonyl (C=O) groups excluding carboxylic acids is 1. The molecule has 0 aliphatic carbocycles. The average molecular weight is 337 g/mol. The largest absolute Gasteiger partial charge is 0.467 e. The molecule has 1 atom stereocenters. The number of amides is 1. The van der Waals surface area contributed by atoms with Crippen molar-refractivity contribution in [2.24, 2.45) is 0 Å². The van der Waals surface area contributed by atoms with Crippen LogP contribution in [-0.2, 0) is 11.2 Å². The van der Waals surface area contributed by atoms with Gasteiger partial charge in [-0.05, 0) is 25.0 Å². The minimum absolute atomic E-state index is 0.0464. The Balaban J connectivity index is 1.38. The Bertz CT molecular complexity index is 827. The summed E-state index contributed by atoms with van der Waals surface area (Å²) in [5, 5.41) is 3.99. The molecule has 3 aromatic rings. The number of hydrogen-bond acceptors (Lipinski definition) is 5. The maximum atomic E-state index is 12.6. The number of benzene rings is 1. The number of nitrogens with zero attached hydrogens (tertiary/aromatic N) is 3. The predicted octanol–water partition coefficient (Wildman–Crippen LogP) is 3.63.